The van der Waals surface area contributed by atoms with Crippen LogP contribution in [0.1, 0.15) is 61.1 Å². The number of aliphatic hydroxyl groups is 1. The Kier molecular flexibility index (Phi) is 5.01. The van der Waals surface area contributed by atoms with Gasteiger partial charge < -0.3 is 15.6 Å². The van der Waals surface area contributed by atoms with Gasteiger partial charge in [0.2, 0.25) is 0 Å². The zero-order valence-corrected chi connectivity index (χ0v) is 12.0. The first-order valence-electron chi connectivity index (χ1n) is 7.32. The van der Waals surface area contributed by atoms with E-state index in [-0.39, 0.29) is 0 Å². The van der Waals surface area contributed by atoms with Crippen molar-refractivity contribution < 1.29 is 14.6 Å². The van der Waals surface area contributed by atoms with Crippen LogP contribution in [-0.4, -0.2) is 17.6 Å². The van der Waals surface area contributed by atoms with Crippen LogP contribution < -0.4 is 10.5 Å². The van der Waals surface area contributed by atoms with Gasteiger partial charge in [-0.3, -0.25) is 4.79 Å². The molecule has 0 aliphatic heterocycles. The van der Waals surface area contributed by atoms with Gasteiger partial charge in [-0.15, -0.1) is 0 Å². The van der Waals surface area contributed by atoms with Crippen LogP contribution in [0, 0.1) is 5.92 Å². The maximum atomic E-state index is 11.5. The highest BCUT2D eigenvalue weighted by Crippen LogP contribution is 2.27. The molecule has 3 N–H and O–H groups in total. The third kappa shape index (κ3) is 3.73. The Morgan fingerprint density at radius 2 is 2.10 bits per heavy atom. The number of amides is 1. The third-order valence-electron chi connectivity index (χ3n) is 3.95. The van der Waals surface area contributed by atoms with E-state index in [1.807, 2.05) is 0 Å². The molecule has 0 unspecified atom stereocenters. The molecule has 1 atom stereocenters. The molecule has 0 saturated heterocycles. The van der Waals surface area contributed by atoms with Gasteiger partial charge in [-0.1, -0.05) is 25.3 Å². The maximum Gasteiger partial charge on any atom is 0.252 e. The van der Waals surface area contributed by atoms with E-state index in [1.165, 1.54) is 32.1 Å². The van der Waals surface area contributed by atoms with Crippen LogP contribution in [0.3, 0.4) is 0 Å². The molecule has 1 aliphatic carbocycles. The highest BCUT2D eigenvalue weighted by Gasteiger charge is 2.17. The highest BCUT2D eigenvalue weighted by atomic mass is 16.5. The number of ether oxygens (including phenoxy) is 1. The molecular formula is C16H23NO3. The number of carbonyl (C=O) groups is 1. The lowest BCUT2D eigenvalue weighted by atomic mass is 9.90. The summed E-state index contributed by atoms with van der Waals surface area (Å²) in [6, 6.07) is 5.11. The van der Waals surface area contributed by atoms with Crippen LogP contribution in [0.5, 0.6) is 5.75 Å². The predicted molar refractivity (Wildman–Crippen MR) is 77.7 cm³/mol. The number of rotatable bonds is 5. The molecule has 4 nitrogen and oxygen atoms in total. The van der Waals surface area contributed by atoms with Gasteiger partial charge in [-0.25, -0.2) is 0 Å². The molecule has 1 amide bonds. The van der Waals surface area contributed by atoms with Crippen LogP contribution >= 0.6 is 0 Å². The summed E-state index contributed by atoms with van der Waals surface area (Å²) in [5, 5.41) is 9.56. The van der Waals surface area contributed by atoms with Crippen molar-refractivity contribution in [2.24, 2.45) is 11.7 Å². The quantitative estimate of drug-likeness (QED) is 0.869. The average molecular weight is 277 g/mol. The minimum Gasteiger partial charge on any atom is -0.492 e. The van der Waals surface area contributed by atoms with Gasteiger partial charge in [0.05, 0.1) is 18.3 Å². The first kappa shape index (κ1) is 14.9. The fraction of sp³-hybridized carbons (Fsp3) is 0.562. The Hall–Kier alpha value is -1.55. The number of nitrogens with two attached hydrogens (primary N) is 1. The maximum absolute atomic E-state index is 11.5. The minimum atomic E-state index is -0.625. The molecule has 1 saturated carbocycles. The Balaban J connectivity index is 2.07. The second kappa shape index (κ2) is 6.75. The van der Waals surface area contributed by atoms with Crippen LogP contribution in [0.25, 0.3) is 0 Å². The minimum absolute atomic E-state index is 0.346. The van der Waals surface area contributed by atoms with Gasteiger partial charge in [0.15, 0.2) is 0 Å². The van der Waals surface area contributed by atoms with E-state index in [2.05, 4.69) is 0 Å². The van der Waals surface area contributed by atoms with Crippen molar-refractivity contribution in [2.75, 3.05) is 6.61 Å². The molecular weight excluding hydrogens is 254 g/mol. The monoisotopic (exact) mass is 277 g/mol. The molecule has 20 heavy (non-hydrogen) atoms. The van der Waals surface area contributed by atoms with Gasteiger partial charge in [0.1, 0.15) is 5.75 Å². The smallest absolute Gasteiger partial charge is 0.252 e. The summed E-state index contributed by atoms with van der Waals surface area (Å²) in [7, 11) is 0. The topological polar surface area (TPSA) is 72.6 Å². The molecule has 2 rings (SSSR count). The number of aliphatic hydroxyl groups excluding tert-OH is 1. The second-order valence-electron chi connectivity index (χ2n) is 5.61. The number of hydrogen-bond acceptors (Lipinski definition) is 3. The van der Waals surface area contributed by atoms with E-state index >= 15 is 0 Å². The van der Waals surface area contributed by atoms with E-state index in [9.17, 15) is 9.90 Å². The molecule has 0 radical (unpaired) electrons. The SMILES string of the molecule is C[C@@H](O)c1ccc(OCC2CCCCC2)c(C(N)=O)c1. The summed E-state index contributed by atoms with van der Waals surface area (Å²) in [4.78, 5) is 11.5. The molecule has 1 aliphatic rings. The highest BCUT2D eigenvalue weighted by molar-refractivity contribution is 5.95. The molecule has 1 fully saturated rings. The molecule has 0 spiro atoms. The predicted octanol–water partition coefficient (Wildman–Crippen LogP) is 2.80. The number of primary amides is 1. The normalized spacial score (nSPS) is 17.7. The Morgan fingerprint density at radius 3 is 2.70 bits per heavy atom. The third-order valence-corrected chi connectivity index (χ3v) is 3.95. The standard InChI is InChI=1S/C16H23NO3/c1-11(18)13-7-8-15(14(9-13)16(17)19)20-10-12-5-3-2-4-6-12/h7-9,11-12,18H,2-6,10H2,1H3,(H2,17,19)/t11-/m1/s1. The van der Waals surface area contributed by atoms with Crippen LogP contribution in [-0.2, 0) is 0 Å². The van der Waals surface area contributed by atoms with Gasteiger partial charge in [-0.05, 0) is 43.4 Å². The Morgan fingerprint density at radius 1 is 1.40 bits per heavy atom. The molecule has 0 bridgehead atoms. The number of hydrogen-bond donors (Lipinski definition) is 2. The van der Waals surface area contributed by atoms with E-state index in [1.54, 1.807) is 25.1 Å². The zero-order valence-electron chi connectivity index (χ0n) is 12.0. The van der Waals surface area contributed by atoms with Crippen molar-refractivity contribution in [2.45, 2.75) is 45.1 Å². The summed E-state index contributed by atoms with van der Waals surface area (Å²) < 4.78 is 5.79. The second-order valence-corrected chi connectivity index (χ2v) is 5.61. The van der Waals surface area contributed by atoms with Crippen molar-refractivity contribution in [1.29, 1.82) is 0 Å². The van der Waals surface area contributed by atoms with Crippen molar-refractivity contribution in [3.63, 3.8) is 0 Å². The van der Waals surface area contributed by atoms with Gasteiger partial charge in [-0.2, -0.15) is 0 Å². The molecule has 0 aromatic heterocycles. The van der Waals surface area contributed by atoms with E-state index in [0.717, 1.165) is 0 Å². The first-order chi connectivity index (χ1) is 9.58. The lowest BCUT2D eigenvalue weighted by Crippen LogP contribution is -2.18. The van der Waals surface area contributed by atoms with E-state index in [0.29, 0.717) is 29.4 Å². The average Bonchev–Trinajstić information content (AvgIpc) is 2.45. The Labute approximate surface area is 119 Å². The van der Waals surface area contributed by atoms with E-state index in [4.69, 9.17) is 10.5 Å². The molecule has 110 valence electrons. The number of benzene rings is 1. The first-order valence-corrected chi connectivity index (χ1v) is 7.32. The summed E-state index contributed by atoms with van der Waals surface area (Å²) in [5.41, 5.74) is 6.41. The lowest BCUT2D eigenvalue weighted by molar-refractivity contribution is 0.0994. The lowest BCUT2D eigenvalue weighted by Gasteiger charge is -2.22. The van der Waals surface area contributed by atoms with Crippen LogP contribution in [0.2, 0.25) is 0 Å². The summed E-state index contributed by atoms with van der Waals surface area (Å²) >= 11 is 0. The summed E-state index contributed by atoms with van der Waals surface area (Å²) in [6.07, 6.45) is 5.59. The van der Waals surface area contributed by atoms with Crippen molar-refractivity contribution in [3.05, 3.63) is 29.3 Å². The fourth-order valence-corrected chi connectivity index (χ4v) is 2.69. The van der Waals surface area contributed by atoms with Crippen molar-refractivity contribution in [1.82, 2.24) is 0 Å². The summed E-state index contributed by atoms with van der Waals surface area (Å²) in [6.45, 7) is 2.29. The molecule has 1 aromatic rings. The molecule has 1 aromatic carbocycles. The fourth-order valence-electron chi connectivity index (χ4n) is 2.69. The largest absolute Gasteiger partial charge is 0.492 e. The number of carbonyl (C=O) groups excluding carboxylic acids is 1. The van der Waals surface area contributed by atoms with Crippen molar-refractivity contribution >= 4 is 5.91 Å². The van der Waals surface area contributed by atoms with Gasteiger partial charge >= 0.3 is 0 Å². The molecule has 0 heterocycles. The van der Waals surface area contributed by atoms with Gasteiger partial charge in [0.25, 0.3) is 5.91 Å². The summed E-state index contributed by atoms with van der Waals surface area (Å²) in [5.74, 6) is 0.569. The zero-order chi connectivity index (χ0) is 14.5. The van der Waals surface area contributed by atoms with Crippen LogP contribution in [0.4, 0.5) is 0 Å². The van der Waals surface area contributed by atoms with E-state index < -0.39 is 12.0 Å². The van der Waals surface area contributed by atoms with Gasteiger partial charge in [0, 0.05) is 0 Å². The van der Waals surface area contributed by atoms with Crippen molar-refractivity contribution in [3.8, 4) is 5.75 Å². The molecule has 4 heteroatoms. The Bertz CT molecular complexity index is 465. The van der Waals surface area contributed by atoms with Crippen LogP contribution in [0.15, 0.2) is 18.2 Å².